The normalized spacial score (nSPS) is 17.4. The number of ether oxygens (including phenoxy) is 2. The molecule has 0 aliphatic carbocycles. The predicted octanol–water partition coefficient (Wildman–Crippen LogP) is 3.63. The number of carbonyl (C=O) groups is 2. The van der Waals surface area contributed by atoms with Crippen LogP contribution in [0.3, 0.4) is 0 Å². The molecule has 32 heavy (non-hydrogen) atoms. The molecule has 2 aromatic heterocycles. The summed E-state index contributed by atoms with van der Waals surface area (Å²) in [5.74, 6) is -2.11. The SMILES string of the molecule is Cc1cc(OCc2c(F)cccc2F)c2nc(C)c(C(=O)NC3CC(C)(C)OC3=O)n2c1. The molecule has 1 unspecified atom stereocenters. The predicted molar refractivity (Wildman–Crippen MR) is 111 cm³/mol. The van der Waals surface area contributed by atoms with Crippen molar-refractivity contribution in [2.75, 3.05) is 0 Å². The highest BCUT2D eigenvalue weighted by molar-refractivity contribution is 5.97. The van der Waals surface area contributed by atoms with Crippen molar-refractivity contribution in [2.45, 2.75) is 52.4 Å². The first-order valence-electron chi connectivity index (χ1n) is 10.1. The molecule has 0 spiro atoms. The summed E-state index contributed by atoms with van der Waals surface area (Å²) in [6.45, 7) is 6.68. The highest BCUT2D eigenvalue weighted by Gasteiger charge is 2.41. The molecule has 3 heterocycles. The smallest absolute Gasteiger partial charge is 0.329 e. The number of pyridine rings is 1. The van der Waals surface area contributed by atoms with E-state index >= 15 is 0 Å². The molecular formula is C23H23F2N3O4. The Bertz CT molecular complexity index is 1220. The van der Waals surface area contributed by atoms with E-state index in [1.807, 2.05) is 0 Å². The van der Waals surface area contributed by atoms with Gasteiger partial charge in [-0.2, -0.15) is 0 Å². The van der Waals surface area contributed by atoms with Gasteiger partial charge < -0.3 is 14.8 Å². The molecule has 0 radical (unpaired) electrons. The van der Waals surface area contributed by atoms with E-state index in [0.717, 1.165) is 17.7 Å². The second-order valence-corrected chi connectivity index (χ2v) is 8.52. The molecule has 4 rings (SSSR count). The number of nitrogens with zero attached hydrogens (tertiary/aromatic N) is 2. The van der Waals surface area contributed by atoms with E-state index < -0.39 is 35.2 Å². The second-order valence-electron chi connectivity index (χ2n) is 8.52. The number of cyclic esters (lactones) is 1. The number of nitrogens with one attached hydrogen (secondary N) is 1. The fraction of sp³-hybridized carbons (Fsp3) is 0.348. The molecule has 1 atom stereocenters. The van der Waals surface area contributed by atoms with E-state index in [0.29, 0.717) is 17.8 Å². The minimum Gasteiger partial charge on any atom is -0.485 e. The van der Waals surface area contributed by atoms with Gasteiger partial charge in [-0.25, -0.2) is 18.6 Å². The zero-order valence-corrected chi connectivity index (χ0v) is 18.2. The van der Waals surface area contributed by atoms with Crippen LogP contribution >= 0.6 is 0 Å². The summed E-state index contributed by atoms with van der Waals surface area (Å²) in [5, 5.41) is 2.72. The van der Waals surface area contributed by atoms with E-state index in [4.69, 9.17) is 9.47 Å². The molecule has 1 aliphatic rings. The van der Waals surface area contributed by atoms with Gasteiger partial charge in [0.1, 0.15) is 35.6 Å². The first-order valence-corrected chi connectivity index (χ1v) is 10.1. The number of carbonyl (C=O) groups excluding carboxylic acids is 2. The third-order valence-electron chi connectivity index (χ3n) is 5.31. The summed E-state index contributed by atoms with van der Waals surface area (Å²) in [4.78, 5) is 29.5. The van der Waals surface area contributed by atoms with E-state index in [1.54, 1.807) is 44.4 Å². The van der Waals surface area contributed by atoms with Crippen molar-refractivity contribution in [1.82, 2.24) is 14.7 Å². The van der Waals surface area contributed by atoms with Crippen LogP contribution in [0.15, 0.2) is 30.5 Å². The zero-order valence-electron chi connectivity index (χ0n) is 18.2. The molecule has 0 bridgehead atoms. The fourth-order valence-corrected chi connectivity index (χ4v) is 3.85. The zero-order chi connectivity index (χ0) is 23.2. The Kier molecular flexibility index (Phi) is 5.36. The Hall–Kier alpha value is -3.49. The quantitative estimate of drug-likeness (QED) is 0.609. The van der Waals surface area contributed by atoms with Gasteiger partial charge in [0.25, 0.3) is 5.91 Å². The van der Waals surface area contributed by atoms with E-state index in [-0.39, 0.29) is 23.6 Å². The van der Waals surface area contributed by atoms with Crippen molar-refractivity contribution < 1.29 is 27.8 Å². The van der Waals surface area contributed by atoms with Gasteiger partial charge in [-0.1, -0.05) is 6.07 Å². The Morgan fingerprint density at radius 2 is 2.00 bits per heavy atom. The summed E-state index contributed by atoms with van der Waals surface area (Å²) < 4.78 is 40.5. The first-order chi connectivity index (χ1) is 15.1. The minimum atomic E-state index is -0.757. The minimum absolute atomic E-state index is 0.198. The molecule has 1 N–H and O–H groups in total. The summed E-state index contributed by atoms with van der Waals surface area (Å²) in [5.41, 5.74) is 0.876. The molecule has 1 fully saturated rings. The molecule has 1 saturated heterocycles. The number of esters is 1. The van der Waals surface area contributed by atoms with Crippen LogP contribution in [-0.2, 0) is 16.1 Å². The van der Waals surface area contributed by atoms with Gasteiger partial charge in [-0.15, -0.1) is 0 Å². The van der Waals surface area contributed by atoms with Gasteiger partial charge in [0.05, 0.1) is 11.3 Å². The van der Waals surface area contributed by atoms with Crippen molar-refractivity contribution in [2.24, 2.45) is 0 Å². The maximum Gasteiger partial charge on any atom is 0.329 e. The average molecular weight is 443 g/mol. The fourth-order valence-electron chi connectivity index (χ4n) is 3.85. The Morgan fingerprint density at radius 3 is 2.62 bits per heavy atom. The number of halogens is 2. The van der Waals surface area contributed by atoms with E-state index in [2.05, 4.69) is 10.3 Å². The third kappa shape index (κ3) is 4.02. The molecule has 168 valence electrons. The lowest BCUT2D eigenvalue weighted by Crippen LogP contribution is -2.39. The molecule has 1 aliphatic heterocycles. The van der Waals surface area contributed by atoms with Crippen molar-refractivity contribution in [3.05, 3.63) is 64.6 Å². The van der Waals surface area contributed by atoms with Crippen LogP contribution in [0.4, 0.5) is 8.78 Å². The lowest BCUT2D eigenvalue weighted by Gasteiger charge is -2.14. The van der Waals surface area contributed by atoms with Crippen LogP contribution in [0.2, 0.25) is 0 Å². The standard InChI is InChI=1S/C23H23F2N3O4/c1-12-8-18(31-11-14-15(24)6-5-7-16(14)25)20-26-13(2)19(28(20)10-12)21(29)27-17-9-23(3,4)32-22(17)30/h5-8,10,17H,9,11H2,1-4H3,(H,27,29). The summed E-state index contributed by atoms with van der Waals surface area (Å²) in [7, 11) is 0. The largest absolute Gasteiger partial charge is 0.485 e. The van der Waals surface area contributed by atoms with Gasteiger partial charge in [0.2, 0.25) is 0 Å². The van der Waals surface area contributed by atoms with E-state index in [9.17, 15) is 18.4 Å². The third-order valence-corrected chi connectivity index (χ3v) is 5.31. The highest BCUT2D eigenvalue weighted by atomic mass is 19.1. The van der Waals surface area contributed by atoms with Gasteiger partial charge in [0.15, 0.2) is 11.4 Å². The summed E-state index contributed by atoms with van der Waals surface area (Å²) in [6.07, 6.45) is 2.06. The van der Waals surface area contributed by atoms with Crippen LogP contribution in [0.5, 0.6) is 5.75 Å². The van der Waals surface area contributed by atoms with Crippen LogP contribution < -0.4 is 10.1 Å². The Morgan fingerprint density at radius 1 is 1.31 bits per heavy atom. The van der Waals surface area contributed by atoms with Crippen LogP contribution in [-0.4, -0.2) is 32.9 Å². The second kappa shape index (κ2) is 7.89. The molecular weight excluding hydrogens is 420 g/mol. The number of hydrogen-bond acceptors (Lipinski definition) is 5. The number of fused-ring (bicyclic) bond motifs is 1. The van der Waals surface area contributed by atoms with Crippen molar-refractivity contribution in [3.63, 3.8) is 0 Å². The Labute approximate surface area is 183 Å². The number of imidazole rings is 1. The molecule has 9 heteroatoms. The van der Waals surface area contributed by atoms with Gasteiger partial charge in [0, 0.05) is 12.6 Å². The number of rotatable bonds is 5. The van der Waals surface area contributed by atoms with Crippen molar-refractivity contribution in [1.29, 1.82) is 0 Å². The lowest BCUT2D eigenvalue weighted by molar-refractivity contribution is -0.147. The van der Waals surface area contributed by atoms with Crippen molar-refractivity contribution in [3.8, 4) is 5.75 Å². The number of aryl methyl sites for hydroxylation is 2. The molecule has 1 aromatic carbocycles. The van der Waals surface area contributed by atoms with Gasteiger partial charge in [-0.3, -0.25) is 9.20 Å². The van der Waals surface area contributed by atoms with E-state index in [1.165, 1.54) is 6.07 Å². The molecule has 3 aromatic rings. The number of hydrogen-bond donors (Lipinski definition) is 1. The topological polar surface area (TPSA) is 81.9 Å². The summed E-state index contributed by atoms with van der Waals surface area (Å²) in [6, 6.07) is 4.52. The van der Waals surface area contributed by atoms with Gasteiger partial charge in [-0.05, 0) is 51.5 Å². The highest BCUT2D eigenvalue weighted by Crippen LogP contribution is 2.28. The Balaban J connectivity index is 1.64. The van der Waals surface area contributed by atoms with Gasteiger partial charge >= 0.3 is 5.97 Å². The number of benzene rings is 1. The van der Waals surface area contributed by atoms with Crippen LogP contribution in [0.25, 0.3) is 5.65 Å². The number of aromatic nitrogens is 2. The number of amides is 1. The molecule has 7 nitrogen and oxygen atoms in total. The molecule has 0 saturated carbocycles. The van der Waals surface area contributed by atoms with Crippen molar-refractivity contribution >= 4 is 17.5 Å². The summed E-state index contributed by atoms with van der Waals surface area (Å²) >= 11 is 0. The van der Waals surface area contributed by atoms with Crippen LogP contribution in [0, 0.1) is 25.5 Å². The molecule has 1 amide bonds. The maximum absolute atomic E-state index is 14.0. The maximum atomic E-state index is 14.0. The average Bonchev–Trinajstić information content (AvgIpc) is 3.15. The monoisotopic (exact) mass is 443 g/mol. The van der Waals surface area contributed by atoms with Crippen LogP contribution in [0.1, 0.15) is 47.6 Å². The lowest BCUT2D eigenvalue weighted by atomic mass is 10.0. The first kappa shape index (κ1) is 21.7.